The molecule has 3 nitrogen and oxygen atoms in total. The first kappa shape index (κ1) is 10.2. The van der Waals surface area contributed by atoms with Crippen LogP contribution in [0.1, 0.15) is 6.92 Å². The highest BCUT2D eigenvalue weighted by molar-refractivity contribution is 7.92. The van der Waals surface area contributed by atoms with Crippen molar-refractivity contribution < 1.29 is 8.42 Å². The lowest BCUT2D eigenvalue weighted by Gasteiger charge is -2.09. The van der Waals surface area contributed by atoms with Crippen LogP contribution in [0.2, 0.25) is 0 Å². The molecule has 0 spiro atoms. The molecule has 5 heteroatoms. The lowest BCUT2D eigenvalue weighted by molar-refractivity contribution is 0.574. The molecule has 0 aromatic rings. The van der Waals surface area contributed by atoms with Crippen LogP contribution in [0, 0.1) is 0 Å². The molecule has 0 heterocycles. The molecule has 62 valence electrons. The van der Waals surface area contributed by atoms with Gasteiger partial charge in [0.25, 0.3) is 0 Å². The number of sulfone groups is 1. The molecule has 1 unspecified atom stereocenters. The fourth-order valence-corrected chi connectivity index (χ4v) is 2.04. The second kappa shape index (κ2) is 4.16. The number of alkyl halides is 1. The second-order valence-electron chi connectivity index (χ2n) is 1.99. The number of rotatable bonds is 4. The molecule has 10 heavy (non-hydrogen) atoms. The van der Waals surface area contributed by atoms with E-state index in [2.05, 4.69) is 5.32 Å². The topological polar surface area (TPSA) is 46.2 Å². The van der Waals surface area contributed by atoms with E-state index in [4.69, 9.17) is 11.6 Å². The van der Waals surface area contributed by atoms with Crippen molar-refractivity contribution in [3.63, 3.8) is 0 Å². The third-order valence-electron chi connectivity index (χ3n) is 1.31. The zero-order valence-electron chi connectivity index (χ0n) is 6.09. The summed E-state index contributed by atoms with van der Waals surface area (Å²) in [7, 11) is -1.40. The highest BCUT2D eigenvalue weighted by Gasteiger charge is 2.16. The van der Waals surface area contributed by atoms with Gasteiger partial charge in [0, 0.05) is 5.88 Å². The first-order valence-corrected chi connectivity index (χ1v) is 5.24. The van der Waals surface area contributed by atoms with E-state index in [0.29, 0.717) is 0 Å². The third-order valence-corrected chi connectivity index (χ3v) is 3.81. The Morgan fingerprint density at radius 3 is 2.40 bits per heavy atom. The first-order valence-electron chi connectivity index (χ1n) is 2.99. The summed E-state index contributed by atoms with van der Waals surface area (Å²) in [6.07, 6.45) is 0. The largest absolute Gasteiger partial charge is 0.304 e. The van der Waals surface area contributed by atoms with E-state index in [1.165, 1.54) is 0 Å². The second-order valence-corrected chi connectivity index (χ2v) is 4.81. The van der Waals surface area contributed by atoms with Crippen LogP contribution in [0.3, 0.4) is 0 Å². The monoisotopic (exact) mass is 185 g/mol. The smallest absolute Gasteiger partial charge is 0.167 e. The van der Waals surface area contributed by atoms with Crippen LogP contribution >= 0.6 is 11.6 Å². The average molecular weight is 186 g/mol. The number of nitrogens with one attached hydrogen (secondary N) is 1. The summed E-state index contributed by atoms with van der Waals surface area (Å²) in [5, 5.41) is 2.15. The molecule has 0 rings (SSSR count). The Balaban J connectivity index is 4.12. The van der Waals surface area contributed by atoms with Crippen molar-refractivity contribution in [3.05, 3.63) is 0 Å². The van der Waals surface area contributed by atoms with E-state index in [-0.39, 0.29) is 11.6 Å². The van der Waals surface area contributed by atoms with Gasteiger partial charge in [-0.1, -0.05) is 0 Å². The van der Waals surface area contributed by atoms with Gasteiger partial charge >= 0.3 is 0 Å². The highest BCUT2D eigenvalue weighted by Crippen LogP contribution is 1.97. The summed E-state index contributed by atoms with van der Waals surface area (Å²) < 4.78 is 22.0. The molecule has 0 bridgehead atoms. The van der Waals surface area contributed by atoms with E-state index in [0.717, 1.165) is 0 Å². The van der Waals surface area contributed by atoms with Gasteiger partial charge in [0.15, 0.2) is 9.84 Å². The molecule has 0 amide bonds. The Labute approximate surface area is 66.7 Å². The van der Waals surface area contributed by atoms with Gasteiger partial charge in [-0.15, -0.1) is 11.6 Å². The Morgan fingerprint density at radius 1 is 1.60 bits per heavy atom. The SMILES string of the molecule is CNC(C)S(=O)(=O)CCCl. The molecule has 0 radical (unpaired) electrons. The highest BCUT2D eigenvalue weighted by atomic mass is 35.5. The Hall–Kier alpha value is 0.200. The Kier molecular flexibility index (Phi) is 4.24. The minimum Gasteiger partial charge on any atom is -0.304 e. The molecule has 0 fully saturated rings. The summed E-state index contributed by atoms with van der Waals surface area (Å²) in [6, 6.07) is 0. The molecule has 0 saturated heterocycles. The predicted octanol–water partition coefficient (Wildman–Crippen LogP) is 0.205. The van der Waals surface area contributed by atoms with E-state index >= 15 is 0 Å². The maximum absolute atomic E-state index is 11.0. The van der Waals surface area contributed by atoms with E-state index in [9.17, 15) is 8.42 Å². The van der Waals surface area contributed by atoms with Crippen molar-refractivity contribution in [1.82, 2.24) is 5.32 Å². The number of hydrogen-bond acceptors (Lipinski definition) is 3. The zero-order valence-corrected chi connectivity index (χ0v) is 7.67. The van der Waals surface area contributed by atoms with Gasteiger partial charge in [-0.05, 0) is 14.0 Å². The number of halogens is 1. The normalized spacial score (nSPS) is 15.1. The van der Waals surface area contributed by atoms with Gasteiger partial charge in [-0.25, -0.2) is 8.42 Å². The molecule has 0 aliphatic rings. The van der Waals surface area contributed by atoms with Gasteiger partial charge in [0.1, 0.15) is 5.37 Å². The van der Waals surface area contributed by atoms with Crippen LogP contribution in [-0.4, -0.2) is 32.5 Å². The number of hydrogen-bond donors (Lipinski definition) is 1. The standard InChI is InChI=1S/C5H12ClNO2S/c1-5(7-2)10(8,9)4-3-6/h5,7H,3-4H2,1-2H3. The van der Waals surface area contributed by atoms with Crippen LogP contribution in [0.15, 0.2) is 0 Å². The van der Waals surface area contributed by atoms with Crippen LogP contribution in [0.4, 0.5) is 0 Å². The summed E-state index contributed by atoms with van der Waals surface area (Å²) in [4.78, 5) is 0. The van der Waals surface area contributed by atoms with Crippen LogP contribution < -0.4 is 5.32 Å². The molecule has 0 saturated carbocycles. The first-order chi connectivity index (χ1) is 4.54. The quantitative estimate of drug-likeness (QED) is 0.637. The lowest BCUT2D eigenvalue weighted by atomic mass is 10.8. The predicted molar refractivity (Wildman–Crippen MR) is 43.0 cm³/mol. The minimum absolute atomic E-state index is 0.0383. The van der Waals surface area contributed by atoms with Crippen molar-refractivity contribution in [1.29, 1.82) is 0 Å². The van der Waals surface area contributed by atoms with Crippen molar-refractivity contribution in [3.8, 4) is 0 Å². The molecule has 1 atom stereocenters. The van der Waals surface area contributed by atoms with Crippen LogP contribution in [0.25, 0.3) is 0 Å². The molecule has 0 aromatic carbocycles. The zero-order chi connectivity index (χ0) is 8.20. The van der Waals surface area contributed by atoms with E-state index < -0.39 is 15.2 Å². The Bertz CT molecular complexity index is 178. The van der Waals surface area contributed by atoms with Crippen molar-refractivity contribution in [2.75, 3.05) is 18.7 Å². The Morgan fingerprint density at radius 2 is 2.10 bits per heavy atom. The van der Waals surface area contributed by atoms with Gasteiger partial charge < -0.3 is 5.32 Å². The fourth-order valence-electron chi connectivity index (χ4n) is 0.464. The molecule has 0 aliphatic heterocycles. The van der Waals surface area contributed by atoms with Crippen molar-refractivity contribution >= 4 is 21.4 Å². The van der Waals surface area contributed by atoms with Gasteiger partial charge in [-0.2, -0.15) is 0 Å². The maximum Gasteiger partial charge on any atom is 0.167 e. The van der Waals surface area contributed by atoms with E-state index in [1.807, 2.05) is 0 Å². The van der Waals surface area contributed by atoms with Crippen molar-refractivity contribution in [2.24, 2.45) is 0 Å². The summed E-state index contributed by atoms with van der Waals surface area (Å²) in [6.45, 7) is 1.60. The van der Waals surface area contributed by atoms with Gasteiger partial charge in [-0.3, -0.25) is 0 Å². The molecule has 0 aromatic heterocycles. The van der Waals surface area contributed by atoms with Gasteiger partial charge in [0.2, 0.25) is 0 Å². The van der Waals surface area contributed by atoms with Crippen LogP contribution in [-0.2, 0) is 9.84 Å². The summed E-state index contributed by atoms with van der Waals surface area (Å²) >= 11 is 5.28. The molecular formula is C5H12ClNO2S. The summed E-state index contributed by atoms with van der Waals surface area (Å²) in [5.74, 6) is 0.199. The maximum atomic E-state index is 11.0. The van der Waals surface area contributed by atoms with Gasteiger partial charge in [0.05, 0.1) is 5.75 Å². The lowest BCUT2D eigenvalue weighted by Crippen LogP contribution is -2.33. The van der Waals surface area contributed by atoms with Crippen molar-refractivity contribution in [2.45, 2.75) is 12.3 Å². The minimum atomic E-state index is -3.00. The van der Waals surface area contributed by atoms with E-state index in [1.54, 1.807) is 14.0 Å². The fraction of sp³-hybridized carbons (Fsp3) is 1.00. The molecule has 0 aliphatic carbocycles. The van der Waals surface area contributed by atoms with Crippen LogP contribution in [0.5, 0.6) is 0 Å². The molecule has 1 N–H and O–H groups in total. The average Bonchev–Trinajstić information content (AvgIpc) is 1.86. The molecular weight excluding hydrogens is 174 g/mol. The third kappa shape index (κ3) is 2.86. The summed E-state index contributed by atoms with van der Waals surface area (Å²) in [5.41, 5.74) is 0.